The molecule has 0 unspecified atom stereocenters. The number of halogens is 1. The van der Waals surface area contributed by atoms with E-state index >= 15 is 0 Å². The van der Waals surface area contributed by atoms with Gasteiger partial charge in [-0.05, 0) is 18.4 Å². The number of ether oxygens (including phenoxy) is 1. The highest BCUT2D eigenvalue weighted by molar-refractivity contribution is 5.85. The standard InChI is InChI=1S/C11H15NO.ClH/c12-10-6-11(7-10)13-8-9-4-2-1-3-5-9;/h1-5,10-11H,6-8,12H2;1H/t10-,11-;. The summed E-state index contributed by atoms with van der Waals surface area (Å²) in [6, 6.07) is 10.6. The second-order valence-electron chi connectivity index (χ2n) is 3.65. The maximum atomic E-state index is 5.66. The SMILES string of the molecule is Cl.N[C@H]1C[C@H](OCc2ccccc2)C1. The zero-order valence-electron chi connectivity index (χ0n) is 8.06. The fraction of sp³-hybridized carbons (Fsp3) is 0.455. The van der Waals surface area contributed by atoms with Crippen molar-refractivity contribution in [2.75, 3.05) is 0 Å². The molecule has 14 heavy (non-hydrogen) atoms. The van der Waals surface area contributed by atoms with Crippen molar-refractivity contribution in [3.05, 3.63) is 35.9 Å². The first-order valence-corrected chi connectivity index (χ1v) is 4.75. The molecule has 1 aromatic carbocycles. The van der Waals surface area contributed by atoms with Crippen LogP contribution in [0.5, 0.6) is 0 Å². The van der Waals surface area contributed by atoms with Gasteiger partial charge in [0.2, 0.25) is 0 Å². The van der Waals surface area contributed by atoms with Gasteiger partial charge in [0.15, 0.2) is 0 Å². The van der Waals surface area contributed by atoms with Crippen LogP contribution in [-0.2, 0) is 11.3 Å². The Labute approximate surface area is 90.9 Å². The third-order valence-corrected chi connectivity index (χ3v) is 2.46. The Balaban J connectivity index is 0.000000980. The topological polar surface area (TPSA) is 35.2 Å². The largest absolute Gasteiger partial charge is 0.373 e. The molecule has 1 aliphatic rings. The van der Waals surface area contributed by atoms with Gasteiger partial charge in [0.05, 0.1) is 12.7 Å². The Morgan fingerprint density at radius 1 is 1.21 bits per heavy atom. The Bertz CT molecular complexity index is 259. The predicted octanol–water partition coefficient (Wildman–Crippen LogP) is 2.11. The molecule has 1 aromatic rings. The minimum absolute atomic E-state index is 0. The fourth-order valence-corrected chi connectivity index (χ4v) is 1.53. The summed E-state index contributed by atoms with van der Waals surface area (Å²) in [5.74, 6) is 0. The van der Waals surface area contributed by atoms with Gasteiger partial charge in [-0.25, -0.2) is 0 Å². The van der Waals surface area contributed by atoms with Crippen LogP contribution in [0.3, 0.4) is 0 Å². The number of rotatable bonds is 3. The van der Waals surface area contributed by atoms with Crippen LogP contribution >= 0.6 is 12.4 Å². The van der Waals surface area contributed by atoms with Gasteiger partial charge in [0, 0.05) is 6.04 Å². The summed E-state index contributed by atoms with van der Waals surface area (Å²) in [7, 11) is 0. The summed E-state index contributed by atoms with van der Waals surface area (Å²) < 4.78 is 5.65. The number of nitrogens with two attached hydrogens (primary N) is 1. The van der Waals surface area contributed by atoms with Crippen molar-refractivity contribution in [3.8, 4) is 0 Å². The van der Waals surface area contributed by atoms with Crippen LogP contribution in [0.15, 0.2) is 30.3 Å². The number of hydrogen-bond acceptors (Lipinski definition) is 2. The van der Waals surface area contributed by atoms with Crippen LogP contribution in [0.25, 0.3) is 0 Å². The minimum Gasteiger partial charge on any atom is -0.373 e. The highest BCUT2D eigenvalue weighted by Crippen LogP contribution is 2.22. The normalized spacial score (nSPS) is 24.9. The molecule has 0 spiro atoms. The van der Waals surface area contributed by atoms with Gasteiger partial charge in [-0.3, -0.25) is 0 Å². The lowest BCUT2D eigenvalue weighted by Crippen LogP contribution is -2.41. The molecule has 78 valence electrons. The quantitative estimate of drug-likeness (QED) is 0.835. The fourth-order valence-electron chi connectivity index (χ4n) is 1.53. The van der Waals surface area contributed by atoms with Crippen LogP contribution in [0, 0.1) is 0 Å². The molecular weight excluding hydrogens is 198 g/mol. The molecule has 0 bridgehead atoms. The lowest BCUT2D eigenvalue weighted by Gasteiger charge is -2.32. The molecule has 2 N–H and O–H groups in total. The molecule has 2 rings (SSSR count). The van der Waals surface area contributed by atoms with Crippen molar-refractivity contribution in [1.29, 1.82) is 0 Å². The van der Waals surface area contributed by atoms with Crippen LogP contribution in [0.1, 0.15) is 18.4 Å². The van der Waals surface area contributed by atoms with E-state index in [0.717, 1.165) is 19.4 Å². The lowest BCUT2D eigenvalue weighted by molar-refractivity contribution is -0.0188. The molecule has 1 aliphatic carbocycles. The van der Waals surface area contributed by atoms with Gasteiger partial charge in [0.1, 0.15) is 0 Å². The summed E-state index contributed by atoms with van der Waals surface area (Å²) in [4.78, 5) is 0. The lowest BCUT2D eigenvalue weighted by atomic mass is 9.90. The minimum atomic E-state index is 0. The first-order valence-electron chi connectivity index (χ1n) is 4.75. The van der Waals surface area contributed by atoms with Gasteiger partial charge >= 0.3 is 0 Å². The molecule has 2 nitrogen and oxygen atoms in total. The molecule has 1 fully saturated rings. The summed E-state index contributed by atoms with van der Waals surface area (Å²) in [6.45, 7) is 0.720. The second kappa shape index (κ2) is 5.35. The molecule has 0 atom stereocenters. The predicted molar refractivity (Wildman–Crippen MR) is 59.5 cm³/mol. The average Bonchev–Trinajstić information content (AvgIpc) is 2.12. The first kappa shape index (κ1) is 11.5. The third kappa shape index (κ3) is 2.98. The monoisotopic (exact) mass is 213 g/mol. The number of hydrogen-bond donors (Lipinski definition) is 1. The van der Waals surface area contributed by atoms with Crippen molar-refractivity contribution in [2.45, 2.75) is 31.6 Å². The molecule has 0 heterocycles. The van der Waals surface area contributed by atoms with E-state index in [1.54, 1.807) is 0 Å². The maximum Gasteiger partial charge on any atom is 0.0720 e. The molecule has 1 saturated carbocycles. The van der Waals surface area contributed by atoms with Gasteiger partial charge in [-0.15, -0.1) is 12.4 Å². The van der Waals surface area contributed by atoms with E-state index in [9.17, 15) is 0 Å². The van der Waals surface area contributed by atoms with Gasteiger partial charge in [-0.2, -0.15) is 0 Å². The van der Waals surface area contributed by atoms with Gasteiger partial charge < -0.3 is 10.5 Å². The molecule has 0 radical (unpaired) electrons. The highest BCUT2D eigenvalue weighted by atomic mass is 35.5. The molecule has 0 aliphatic heterocycles. The summed E-state index contributed by atoms with van der Waals surface area (Å²) in [5, 5.41) is 0. The van der Waals surface area contributed by atoms with Crippen molar-refractivity contribution < 1.29 is 4.74 Å². The van der Waals surface area contributed by atoms with Gasteiger partial charge in [0.25, 0.3) is 0 Å². The van der Waals surface area contributed by atoms with Gasteiger partial charge in [-0.1, -0.05) is 30.3 Å². The van der Waals surface area contributed by atoms with Crippen molar-refractivity contribution >= 4 is 12.4 Å². The molecule has 0 aromatic heterocycles. The summed E-state index contributed by atoms with van der Waals surface area (Å²) in [5.41, 5.74) is 6.90. The van der Waals surface area contributed by atoms with E-state index < -0.39 is 0 Å². The molecule has 0 saturated heterocycles. The second-order valence-corrected chi connectivity index (χ2v) is 3.65. The molecule has 0 amide bonds. The van der Waals surface area contributed by atoms with E-state index in [2.05, 4.69) is 12.1 Å². The zero-order chi connectivity index (χ0) is 9.10. The van der Waals surface area contributed by atoms with Crippen molar-refractivity contribution in [1.82, 2.24) is 0 Å². The Kier molecular flexibility index (Phi) is 4.39. The van der Waals surface area contributed by atoms with Crippen LogP contribution < -0.4 is 5.73 Å². The zero-order valence-corrected chi connectivity index (χ0v) is 8.87. The van der Waals surface area contributed by atoms with E-state index in [1.165, 1.54) is 5.56 Å². The smallest absolute Gasteiger partial charge is 0.0720 e. The van der Waals surface area contributed by atoms with E-state index in [-0.39, 0.29) is 12.4 Å². The van der Waals surface area contributed by atoms with Crippen molar-refractivity contribution in [2.24, 2.45) is 5.73 Å². The Hall–Kier alpha value is -0.570. The number of benzene rings is 1. The summed E-state index contributed by atoms with van der Waals surface area (Å²) >= 11 is 0. The Morgan fingerprint density at radius 2 is 1.86 bits per heavy atom. The highest BCUT2D eigenvalue weighted by Gasteiger charge is 2.26. The first-order chi connectivity index (χ1) is 6.34. The summed E-state index contributed by atoms with van der Waals surface area (Å²) in [6.07, 6.45) is 2.44. The Morgan fingerprint density at radius 3 is 2.43 bits per heavy atom. The molecular formula is C11H16ClNO. The van der Waals surface area contributed by atoms with Crippen LogP contribution in [0.4, 0.5) is 0 Å². The third-order valence-electron chi connectivity index (χ3n) is 2.46. The van der Waals surface area contributed by atoms with Crippen LogP contribution in [0.2, 0.25) is 0 Å². The van der Waals surface area contributed by atoms with E-state index in [0.29, 0.717) is 12.1 Å². The molecule has 3 heteroatoms. The van der Waals surface area contributed by atoms with Crippen LogP contribution in [-0.4, -0.2) is 12.1 Å². The maximum absolute atomic E-state index is 5.66. The van der Waals surface area contributed by atoms with E-state index in [1.807, 2.05) is 18.2 Å². The van der Waals surface area contributed by atoms with Crippen molar-refractivity contribution in [3.63, 3.8) is 0 Å². The van der Waals surface area contributed by atoms with E-state index in [4.69, 9.17) is 10.5 Å². The average molecular weight is 214 g/mol.